The predicted octanol–water partition coefficient (Wildman–Crippen LogP) is 3.09. The normalized spacial score (nSPS) is 10.9. The molecule has 76 valence electrons. The molecule has 1 nitrogen and oxygen atoms in total. The van der Waals surface area contributed by atoms with Crippen LogP contribution in [-0.4, -0.2) is 13.1 Å². The van der Waals surface area contributed by atoms with Crippen LogP contribution in [0.15, 0.2) is 36.4 Å². The molecule has 0 unspecified atom stereocenters. The van der Waals surface area contributed by atoms with Crippen LogP contribution in [-0.2, 0) is 0 Å². The highest BCUT2D eigenvalue weighted by molar-refractivity contribution is 5.48. The Morgan fingerprint density at radius 2 is 2.00 bits per heavy atom. The van der Waals surface area contributed by atoms with Crippen LogP contribution >= 0.6 is 0 Å². The van der Waals surface area contributed by atoms with Crippen molar-refractivity contribution in [3.8, 4) is 0 Å². The molecule has 0 bridgehead atoms. The lowest BCUT2D eigenvalue weighted by molar-refractivity contribution is 0.682. The van der Waals surface area contributed by atoms with Gasteiger partial charge in [0, 0.05) is 6.54 Å². The second-order valence-corrected chi connectivity index (χ2v) is 3.37. The van der Waals surface area contributed by atoms with Crippen LogP contribution in [0.1, 0.15) is 25.3 Å². The molecule has 1 aromatic carbocycles. The molecule has 0 amide bonds. The third kappa shape index (κ3) is 4.83. The molecule has 0 atom stereocenters. The summed E-state index contributed by atoms with van der Waals surface area (Å²) < 4.78 is 0. The van der Waals surface area contributed by atoms with Gasteiger partial charge in [0.05, 0.1) is 0 Å². The molecule has 0 saturated heterocycles. The fourth-order valence-corrected chi connectivity index (χ4v) is 1.25. The van der Waals surface area contributed by atoms with Gasteiger partial charge in [0.15, 0.2) is 0 Å². The van der Waals surface area contributed by atoms with Crippen molar-refractivity contribution < 1.29 is 0 Å². The fraction of sp³-hybridized carbons (Fsp3) is 0.385. The Morgan fingerprint density at radius 1 is 1.21 bits per heavy atom. The summed E-state index contributed by atoms with van der Waals surface area (Å²) in [5, 5.41) is 3.37. The van der Waals surface area contributed by atoms with Crippen molar-refractivity contribution >= 4 is 6.08 Å². The summed E-state index contributed by atoms with van der Waals surface area (Å²) in [6.45, 7) is 4.30. The van der Waals surface area contributed by atoms with Crippen molar-refractivity contribution in [2.24, 2.45) is 0 Å². The molecule has 1 aromatic rings. The Kier molecular flexibility index (Phi) is 5.76. The summed E-state index contributed by atoms with van der Waals surface area (Å²) in [6.07, 6.45) is 6.85. The summed E-state index contributed by atoms with van der Waals surface area (Å²) in [7, 11) is 0. The van der Waals surface area contributed by atoms with Gasteiger partial charge < -0.3 is 5.32 Å². The van der Waals surface area contributed by atoms with Gasteiger partial charge in [-0.05, 0) is 18.5 Å². The van der Waals surface area contributed by atoms with Crippen molar-refractivity contribution in [1.29, 1.82) is 0 Å². The predicted molar refractivity (Wildman–Crippen MR) is 63.3 cm³/mol. The van der Waals surface area contributed by atoms with Gasteiger partial charge in [-0.1, -0.05) is 55.8 Å². The highest BCUT2D eigenvalue weighted by Gasteiger charge is 1.83. The molecule has 0 spiro atoms. The average Bonchev–Trinajstić information content (AvgIpc) is 2.25. The molecule has 0 heterocycles. The first kappa shape index (κ1) is 11.0. The van der Waals surface area contributed by atoms with E-state index in [4.69, 9.17) is 0 Å². The lowest BCUT2D eigenvalue weighted by atomic mass is 10.2. The minimum absolute atomic E-state index is 0.967. The Labute approximate surface area is 86.8 Å². The standard InChI is InChI=1S/C13H19N/c1-2-3-11-14-12-7-10-13-8-5-4-6-9-13/h4-10,14H,2-3,11-12H2,1H3/b10-7+. The van der Waals surface area contributed by atoms with Crippen LogP contribution in [0.5, 0.6) is 0 Å². The fourth-order valence-electron chi connectivity index (χ4n) is 1.25. The summed E-state index contributed by atoms with van der Waals surface area (Å²) in [6, 6.07) is 10.4. The zero-order valence-electron chi connectivity index (χ0n) is 8.87. The number of benzene rings is 1. The van der Waals surface area contributed by atoms with Gasteiger partial charge in [-0.25, -0.2) is 0 Å². The van der Waals surface area contributed by atoms with Crippen molar-refractivity contribution in [2.75, 3.05) is 13.1 Å². The molecule has 14 heavy (non-hydrogen) atoms. The van der Waals surface area contributed by atoms with Crippen molar-refractivity contribution in [3.63, 3.8) is 0 Å². The molecule has 1 rings (SSSR count). The van der Waals surface area contributed by atoms with Crippen LogP contribution in [0.2, 0.25) is 0 Å². The van der Waals surface area contributed by atoms with Crippen LogP contribution < -0.4 is 5.32 Å². The van der Waals surface area contributed by atoms with E-state index < -0.39 is 0 Å². The van der Waals surface area contributed by atoms with E-state index in [-0.39, 0.29) is 0 Å². The van der Waals surface area contributed by atoms with Gasteiger partial charge in [-0.3, -0.25) is 0 Å². The average molecular weight is 189 g/mol. The Balaban J connectivity index is 2.15. The SMILES string of the molecule is CCCCNC/C=C/c1ccccc1. The molecule has 1 N–H and O–H groups in total. The number of unbranched alkanes of at least 4 members (excludes halogenated alkanes) is 1. The summed E-state index contributed by atoms with van der Waals surface area (Å²) in [5.74, 6) is 0. The summed E-state index contributed by atoms with van der Waals surface area (Å²) in [5.41, 5.74) is 1.27. The highest BCUT2D eigenvalue weighted by Crippen LogP contribution is 1.99. The van der Waals surface area contributed by atoms with Crippen molar-refractivity contribution in [3.05, 3.63) is 42.0 Å². The minimum atomic E-state index is 0.967. The molecule has 0 aliphatic heterocycles. The monoisotopic (exact) mass is 189 g/mol. The first-order chi connectivity index (χ1) is 6.93. The molecule has 0 aromatic heterocycles. The molecule has 0 aliphatic rings. The Morgan fingerprint density at radius 3 is 2.71 bits per heavy atom. The minimum Gasteiger partial charge on any atom is -0.313 e. The first-order valence-corrected chi connectivity index (χ1v) is 5.36. The second-order valence-electron chi connectivity index (χ2n) is 3.37. The van der Waals surface area contributed by atoms with E-state index in [1.807, 2.05) is 6.07 Å². The molecular weight excluding hydrogens is 170 g/mol. The third-order valence-corrected chi connectivity index (χ3v) is 2.08. The van der Waals surface area contributed by atoms with Crippen LogP contribution in [0.25, 0.3) is 6.08 Å². The zero-order chi connectivity index (χ0) is 10.1. The van der Waals surface area contributed by atoms with Crippen molar-refractivity contribution in [1.82, 2.24) is 5.32 Å². The van der Waals surface area contributed by atoms with E-state index in [2.05, 4.69) is 48.7 Å². The molecule has 1 heteroatoms. The molecule has 0 saturated carbocycles. The maximum Gasteiger partial charge on any atom is 0.0138 e. The van der Waals surface area contributed by atoms with E-state index >= 15 is 0 Å². The van der Waals surface area contributed by atoms with Gasteiger partial charge in [0.2, 0.25) is 0 Å². The van der Waals surface area contributed by atoms with Gasteiger partial charge in [-0.15, -0.1) is 0 Å². The molecular formula is C13H19N. The summed E-state index contributed by atoms with van der Waals surface area (Å²) in [4.78, 5) is 0. The van der Waals surface area contributed by atoms with Gasteiger partial charge in [-0.2, -0.15) is 0 Å². The summed E-state index contributed by atoms with van der Waals surface area (Å²) >= 11 is 0. The van der Waals surface area contributed by atoms with E-state index in [9.17, 15) is 0 Å². The van der Waals surface area contributed by atoms with Gasteiger partial charge in [0.1, 0.15) is 0 Å². The Bertz CT molecular complexity index is 251. The largest absolute Gasteiger partial charge is 0.313 e. The van der Waals surface area contributed by atoms with E-state index in [1.54, 1.807) is 0 Å². The van der Waals surface area contributed by atoms with Gasteiger partial charge in [0.25, 0.3) is 0 Å². The van der Waals surface area contributed by atoms with E-state index in [0.717, 1.165) is 13.1 Å². The van der Waals surface area contributed by atoms with Crippen LogP contribution in [0.3, 0.4) is 0 Å². The lowest BCUT2D eigenvalue weighted by Crippen LogP contribution is -2.14. The number of rotatable bonds is 6. The smallest absolute Gasteiger partial charge is 0.0138 e. The third-order valence-electron chi connectivity index (χ3n) is 2.08. The van der Waals surface area contributed by atoms with E-state index in [1.165, 1.54) is 18.4 Å². The van der Waals surface area contributed by atoms with Crippen molar-refractivity contribution in [2.45, 2.75) is 19.8 Å². The van der Waals surface area contributed by atoms with Crippen LogP contribution in [0, 0.1) is 0 Å². The quantitative estimate of drug-likeness (QED) is 0.678. The first-order valence-electron chi connectivity index (χ1n) is 5.36. The zero-order valence-corrected chi connectivity index (χ0v) is 8.87. The lowest BCUT2D eigenvalue weighted by Gasteiger charge is -1.98. The second kappa shape index (κ2) is 7.34. The number of hydrogen-bond acceptors (Lipinski definition) is 1. The number of hydrogen-bond donors (Lipinski definition) is 1. The van der Waals surface area contributed by atoms with E-state index in [0.29, 0.717) is 0 Å². The molecule has 0 radical (unpaired) electrons. The molecule has 0 aliphatic carbocycles. The highest BCUT2D eigenvalue weighted by atomic mass is 14.8. The van der Waals surface area contributed by atoms with Gasteiger partial charge >= 0.3 is 0 Å². The Hall–Kier alpha value is -1.08. The van der Waals surface area contributed by atoms with Crippen LogP contribution in [0.4, 0.5) is 0 Å². The topological polar surface area (TPSA) is 12.0 Å². The maximum atomic E-state index is 3.37. The number of nitrogens with one attached hydrogen (secondary N) is 1. The maximum absolute atomic E-state index is 3.37. The molecule has 0 fully saturated rings.